The maximum atomic E-state index is 11.5. The van der Waals surface area contributed by atoms with Gasteiger partial charge in [-0.15, -0.1) is 11.8 Å². The molecular formula is C14H21NO2S2. The normalized spacial score (nSPS) is 20.2. The van der Waals surface area contributed by atoms with Crippen molar-refractivity contribution in [2.75, 3.05) is 17.3 Å². The van der Waals surface area contributed by atoms with Gasteiger partial charge in [0.2, 0.25) is 0 Å². The molecule has 1 heterocycles. The molecule has 2 N–H and O–H groups in total. The summed E-state index contributed by atoms with van der Waals surface area (Å²) in [4.78, 5) is 1.32. The molecule has 0 amide bonds. The Morgan fingerprint density at radius 1 is 1.42 bits per heavy atom. The molecule has 19 heavy (non-hydrogen) atoms. The zero-order chi connectivity index (χ0) is 13.9. The fourth-order valence-electron chi connectivity index (χ4n) is 2.43. The fourth-order valence-corrected chi connectivity index (χ4v) is 4.67. The lowest BCUT2D eigenvalue weighted by atomic mass is 9.91. The Bertz CT molecular complexity index is 528. The van der Waals surface area contributed by atoms with Crippen molar-refractivity contribution < 1.29 is 8.42 Å². The molecule has 1 aliphatic heterocycles. The fraction of sp³-hybridized carbons (Fsp3) is 0.571. The molecule has 1 aromatic rings. The molecule has 1 aliphatic rings. The van der Waals surface area contributed by atoms with Gasteiger partial charge in [-0.2, -0.15) is 0 Å². The van der Waals surface area contributed by atoms with Gasteiger partial charge in [-0.25, -0.2) is 8.42 Å². The highest BCUT2D eigenvalue weighted by Crippen LogP contribution is 2.41. The maximum absolute atomic E-state index is 11.5. The third-order valence-electron chi connectivity index (χ3n) is 3.69. The molecule has 2 unspecified atom stereocenters. The van der Waals surface area contributed by atoms with Gasteiger partial charge in [-0.3, -0.25) is 0 Å². The first kappa shape index (κ1) is 14.9. The van der Waals surface area contributed by atoms with E-state index in [0.717, 1.165) is 12.2 Å². The molecule has 0 saturated heterocycles. The van der Waals surface area contributed by atoms with Crippen LogP contribution < -0.4 is 5.73 Å². The summed E-state index contributed by atoms with van der Waals surface area (Å²) in [5.41, 5.74) is 7.59. The molecule has 0 bridgehead atoms. The van der Waals surface area contributed by atoms with E-state index < -0.39 is 9.84 Å². The summed E-state index contributed by atoms with van der Waals surface area (Å²) >= 11 is 1.85. The van der Waals surface area contributed by atoms with Crippen LogP contribution in [0.3, 0.4) is 0 Å². The van der Waals surface area contributed by atoms with E-state index in [9.17, 15) is 8.42 Å². The minimum Gasteiger partial charge on any atom is -0.327 e. The molecule has 2 atom stereocenters. The van der Waals surface area contributed by atoms with Crippen LogP contribution in [0.1, 0.15) is 31.2 Å². The van der Waals surface area contributed by atoms with Crippen LogP contribution in [0.15, 0.2) is 29.2 Å². The first-order valence-corrected chi connectivity index (χ1v) is 9.52. The molecule has 2 rings (SSSR count). The van der Waals surface area contributed by atoms with Crippen molar-refractivity contribution >= 4 is 21.6 Å². The van der Waals surface area contributed by atoms with Crippen molar-refractivity contribution in [3.63, 3.8) is 0 Å². The van der Waals surface area contributed by atoms with E-state index in [2.05, 4.69) is 12.1 Å². The van der Waals surface area contributed by atoms with E-state index in [1.54, 1.807) is 6.92 Å². The minimum atomic E-state index is -2.86. The van der Waals surface area contributed by atoms with Gasteiger partial charge in [0.25, 0.3) is 0 Å². The first-order chi connectivity index (χ1) is 9.03. The van der Waals surface area contributed by atoms with Crippen LogP contribution in [0.5, 0.6) is 0 Å². The van der Waals surface area contributed by atoms with Crippen molar-refractivity contribution in [3.05, 3.63) is 29.8 Å². The van der Waals surface area contributed by atoms with Gasteiger partial charge in [0, 0.05) is 28.4 Å². The van der Waals surface area contributed by atoms with Crippen LogP contribution in [0.4, 0.5) is 0 Å². The Kier molecular flexibility index (Phi) is 4.92. The Balaban J connectivity index is 1.90. The molecule has 106 valence electrons. The van der Waals surface area contributed by atoms with Crippen LogP contribution in [0, 0.1) is 0 Å². The Morgan fingerprint density at radius 2 is 2.16 bits per heavy atom. The molecule has 0 aliphatic carbocycles. The molecule has 5 heteroatoms. The van der Waals surface area contributed by atoms with Gasteiger partial charge in [-0.05, 0) is 24.5 Å². The molecule has 0 saturated carbocycles. The van der Waals surface area contributed by atoms with Crippen LogP contribution in [0.2, 0.25) is 0 Å². The molecule has 0 spiro atoms. The zero-order valence-corrected chi connectivity index (χ0v) is 12.8. The summed E-state index contributed by atoms with van der Waals surface area (Å²) in [7, 11) is -2.86. The van der Waals surface area contributed by atoms with Gasteiger partial charge in [0.15, 0.2) is 0 Å². The van der Waals surface area contributed by atoms with Crippen LogP contribution in [0.25, 0.3) is 0 Å². The number of hydrogen-bond donors (Lipinski definition) is 1. The summed E-state index contributed by atoms with van der Waals surface area (Å²) in [5.74, 6) is 1.87. The predicted octanol–water partition coefficient (Wildman–Crippen LogP) is 2.42. The maximum Gasteiger partial charge on any atom is 0.150 e. The third-order valence-corrected chi connectivity index (χ3v) is 6.69. The Labute approximate surface area is 119 Å². The summed E-state index contributed by atoms with van der Waals surface area (Å²) in [5, 5.41) is 0. The topological polar surface area (TPSA) is 60.2 Å². The molecule has 3 nitrogen and oxygen atoms in total. The molecule has 1 aromatic carbocycles. The number of fused-ring (bicyclic) bond motifs is 1. The summed E-state index contributed by atoms with van der Waals surface area (Å²) in [6, 6.07) is 8.43. The van der Waals surface area contributed by atoms with Crippen molar-refractivity contribution in [1.29, 1.82) is 0 Å². The number of thioether (sulfide) groups is 1. The zero-order valence-electron chi connectivity index (χ0n) is 11.2. The molecule has 0 radical (unpaired) electrons. The van der Waals surface area contributed by atoms with Crippen molar-refractivity contribution in [2.24, 2.45) is 5.73 Å². The van der Waals surface area contributed by atoms with Crippen molar-refractivity contribution in [3.8, 4) is 0 Å². The van der Waals surface area contributed by atoms with Gasteiger partial charge in [0.1, 0.15) is 9.84 Å². The van der Waals surface area contributed by atoms with E-state index in [1.807, 2.05) is 23.9 Å². The highest BCUT2D eigenvalue weighted by Gasteiger charge is 2.27. The van der Waals surface area contributed by atoms with E-state index >= 15 is 0 Å². The first-order valence-electron chi connectivity index (χ1n) is 6.71. The smallest absolute Gasteiger partial charge is 0.150 e. The van der Waals surface area contributed by atoms with Crippen molar-refractivity contribution in [2.45, 2.75) is 36.6 Å². The highest BCUT2D eigenvalue weighted by atomic mass is 32.2. The monoisotopic (exact) mass is 299 g/mol. The van der Waals surface area contributed by atoms with Crippen LogP contribution in [-0.4, -0.2) is 31.7 Å². The van der Waals surface area contributed by atoms with Gasteiger partial charge in [0.05, 0.1) is 5.75 Å². The number of nitrogens with two attached hydrogens (primary N) is 1. The molecule has 0 fully saturated rings. The third kappa shape index (κ3) is 3.74. The summed E-state index contributed by atoms with van der Waals surface area (Å²) < 4.78 is 22.9. The second-order valence-electron chi connectivity index (χ2n) is 5.00. The van der Waals surface area contributed by atoms with Gasteiger partial charge in [-0.1, -0.05) is 25.1 Å². The van der Waals surface area contributed by atoms with Crippen LogP contribution in [-0.2, 0) is 9.84 Å². The number of benzene rings is 1. The van der Waals surface area contributed by atoms with Crippen LogP contribution >= 0.6 is 11.8 Å². The van der Waals surface area contributed by atoms with E-state index in [-0.39, 0.29) is 17.5 Å². The Hall–Kier alpha value is -0.520. The predicted molar refractivity (Wildman–Crippen MR) is 81.4 cm³/mol. The average Bonchev–Trinajstić information content (AvgIpc) is 2.82. The van der Waals surface area contributed by atoms with E-state index in [0.29, 0.717) is 12.3 Å². The molecular weight excluding hydrogens is 278 g/mol. The van der Waals surface area contributed by atoms with Gasteiger partial charge < -0.3 is 5.73 Å². The molecule has 0 aromatic heterocycles. The highest BCUT2D eigenvalue weighted by molar-refractivity contribution is 7.99. The van der Waals surface area contributed by atoms with E-state index in [4.69, 9.17) is 5.73 Å². The SMILES string of the molecule is CCS(=O)(=O)CCCC(N)C1CSc2ccccc21. The minimum absolute atomic E-state index is 0.0585. The lowest BCUT2D eigenvalue weighted by Gasteiger charge is -2.19. The second-order valence-corrected chi connectivity index (χ2v) is 8.53. The quantitative estimate of drug-likeness (QED) is 0.876. The Morgan fingerprint density at radius 3 is 2.89 bits per heavy atom. The number of rotatable bonds is 6. The second kappa shape index (κ2) is 6.29. The summed E-state index contributed by atoms with van der Waals surface area (Å²) in [6.45, 7) is 1.69. The van der Waals surface area contributed by atoms with Gasteiger partial charge >= 0.3 is 0 Å². The number of sulfone groups is 1. The lowest BCUT2D eigenvalue weighted by Crippen LogP contribution is -2.29. The lowest BCUT2D eigenvalue weighted by molar-refractivity contribution is 0.524. The average molecular weight is 299 g/mol. The van der Waals surface area contributed by atoms with E-state index in [1.165, 1.54) is 10.5 Å². The largest absolute Gasteiger partial charge is 0.327 e. The standard InChI is InChI=1S/C14H21NO2S2/c1-2-19(16,17)9-5-7-13(15)12-10-18-14-8-4-3-6-11(12)14/h3-4,6,8,12-13H,2,5,7,9-10,15H2,1H3. The summed E-state index contributed by atoms with van der Waals surface area (Å²) in [6.07, 6.45) is 1.44. The number of hydrogen-bond acceptors (Lipinski definition) is 4. The van der Waals surface area contributed by atoms with Crippen molar-refractivity contribution in [1.82, 2.24) is 0 Å².